The number of amides is 7. The third-order valence-corrected chi connectivity index (χ3v) is 6.72. The van der Waals surface area contributed by atoms with Crippen molar-refractivity contribution in [2.75, 3.05) is 18.4 Å². The molecule has 1 aromatic carbocycles. The summed E-state index contributed by atoms with van der Waals surface area (Å²) in [7, 11) is 0. The number of nitrogens with two attached hydrogens (primary N) is 1. The first-order valence-electron chi connectivity index (χ1n) is 14.6. The molecule has 0 radical (unpaired) electrons. The summed E-state index contributed by atoms with van der Waals surface area (Å²) in [4.78, 5) is 85.6. The highest BCUT2D eigenvalue weighted by Gasteiger charge is 2.29. The molecule has 0 saturated carbocycles. The van der Waals surface area contributed by atoms with E-state index in [0.29, 0.717) is 31.4 Å². The van der Waals surface area contributed by atoms with Crippen LogP contribution in [0.15, 0.2) is 36.4 Å². The lowest BCUT2D eigenvalue weighted by molar-refractivity contribution is -0.142. The van der Waals surface area contributed by atoms with Crippen molar-refractivity contribution in [1.29, 1.82) is 0 Å². The SMILES string of the molecule is CC(=O)OCc1ccc(NC(=O)[C@@H](CCCNC(N)=O)NC(=O)[C@H](NC(=O)CCCCCN2C(=O)C=CC2=O)C(C)C)cc1. The van der Waals surface area contributed by atoms with Crippen LogP contribution in [-0.2, 0) is 40.1 Å². The lowest BCUT2D eigenvalue weighted by atomic mass is 10.0. The molecule has 0 spiro atoms. The lowest BCUT2D eigenvalue weighted by Crippen LogP contribution is -2.54. The van der Waals surface area contributed by atoms with Gasteiger partial charge < -0.3 is 31.7 Å². The Balaban J connectivity index is 1.94. The zero-order valence-electron chi connectivity index (χ0n) is 25.4. The van der Waals surface area contributed by atoms with Crippen molar-refractivity contribution in [3.05, 3.63) is 42.0 Å². The van der Waals surface area contributed by atoms with E-state index in [1.54, 1.807) is 38.1 Å². The number of primary amides is 1. The number of hydrogen-bond donors (Lipinski definition) is 5. The average molecular weight is 615 g/mol. The molecule has 2 rings (SSSR count). The zero-order chi connectivity index (χ0) is 32.6. The second kappa shape index (κ2) is 18.0. The topological polar surface area (TPSA) is 206 Å². The number of ether oxygens (including phenoxy) is 1. The van der Waals surface area contributed by atoms with E-state index in [0.717, 1.165) is 10.5 Å². The molecule has 7 amide bonds. The molecule has 0 aliphatic carbocycles. The second-order valence-corrected chi connectivity index (χ2v) is 10.7. The van der Waals surface area contributed by atoms with Crippen LogP contribution < -0.4 is 27.0 Å². The Morgan fingerprint density at radius 1 is 0.886 bits per heavy atom. The van der Waals surface area contributed by atoms with Gasteiger partial charge in [0.25, 0.3) is 11.8 Å². The molecule has 0 bridgehead atoms. The minimum absolute atomic E-state index is 0.0930. The van der Waals surface area contributed by atoms with Crippen molar-refractivity contribution in [1.82, 2.24) is 20.9 Å². The van der Waals surface area contributed by atoms with Crippen molar-refractivity contribution >= 4 is 47.2 Å². The summed E-state index contributed by atoms with van der Waals surface area (Å²) in [5.41, 5.74) is 6.30. The number of benzene rings is 1. The van der Waals surface area contributed by atoms with Gasteiger partial charge in [-0.25, -0.2) is 4.79 Å². The maximum atomic E-state index is 13.3. The number of carbonyl (C=O) groups excluding carboxylic acids is 7. The highest BCUT2D eigenvalue weighted by molar-refractivity contribution is 6.12. The third kappa shape index (κ3) is 12.6. The van der Waals surface area contributed by atoms with E-state index in [-0.39, 0.29) is 56.2 Å². The van der Waals surface area contributed by atoms with Gasteiger partial charge in [-0.1, -0.05) is 32.4 Å². The smallest absolute Gasteiger partial charge is 0.312 e. The number of nitrogens with zero attached hydrogens (tertiary/aromatic N) is 1. The van der Waals surface area contributed by atoms with Gasteiger partial charge in [0.1, 0.15) is 18.7 Å². The van der Waals surface area contributed by atoms with Gasteiger partial charge in [-0.3, -0.25) is 33.7 Å². The number of nitrogens with one attached hydrogen (secondary N) is 4. The molecule has 44 heavy (non-hydrogen) atoms. The molecule has 1 heterocycles. The molecule has 0 aromatic heterocycles. The highest BCUT2D eigenvalue weighted by atomic mass is 16.5. The Morgan fingerprint density at radius 3 is 2.14 bits per heavy atom. The summed E-state index contributed by atoms with van der Waals surface area (Å²) < 4.78 is 4.96. The van der Waals surface area contributed by atoms with Crippen molar-refractivity contribution < 1.29 is 38.3 Å². The molecular weight excluding hydrogens is 572 g/mol. The van der Waals surface area contributed by atoms with Gasteiger partial charge in [0, 0.05) is 44.3 Å². The monoisotopic (exact) mass is 614 g/mol. The van der Waals surface area contributed by atoms with Crippen molar-refractivity contribution in [3.8, 4) is 0 Å². The third-order valence-electron chi connectivity index (χ3n) is 6.72. The van der Waals surface area contributed by atoms with E-state index in [2.05, 4.69) is 21.3 Å². The Hall–Kier alpha value is -4.75. The number of hydrogen-bond acceptors (Lipinski definition) is 8. The molecule has 0 saturated heterocycles. The number of esters is 1. The van der Waals surface area contributed by atoms with Gasteiger partial charge in [-0.2, -0.15) is 0 Å². The van der Waals surface area contributed by atoms with Crippen LogP contribution in [0.1, 0.15) is 64.9 Å². The first-order chi connectivity index (χ1) is 20.9. The molecule has 240 valence electrons. The van der Waals surface area contributed by atoms with Gasteiger partial charge in [-0.05, 0) is 49.3 Å². The maximum Gasteiger partial charge on any atom is 0.312 e. The van der Waals surface area contributed by atoms with Crippen molar-refractivity contribution in [2.45, 2.75) is 78.0 Å². The molecule has 14 heteroatoms. The molecule has 0 unspecified atom stereocenters. The van der Waals surface area contributed by atoms with E-state index in [9.17, 15) is 33.6 Å². The number of unbranched alkanes of at least 4 members (excludes halogenated alkanes) is 2. The molecule has 14 nitrogen and oxygen atoms in total. The summed E-state index contributed by atoms with van der Waals surface area (Å²) in [5.74, 6) is -2.76. The first kappa shape index (κ1) is 35.4. The van der Waals surface area contributed by atoms with E-state index in [1.165, 1.54) is 19.1 Å². The number of rotatable bonds is 18. The maximum absolute atomic E-state index is 13.3. The van der Waals surface area contributed by atoms with Gasteiger partial charge in [0.15, 0.2) is 0 Å². The van der Waals surface area contributed by atoms with Crippen molar-refractivity contribution in [3.63, 3.8) is 0 Å². The number of urea groups is 1. The first-order valence-corrected chi connectivity index (χ1v) is 14.6. The van der Waals surface area contributed by atoms with Crippen LogP contribution in [-0.4, -0.2) is 71.6 Å². The molecule has 1 aliphatic rings. The van der Waals surface area contributed by atoms with Gasteiger partial charge in [0.2, 0.25) is 17.7 Å². The van der Waals surface area contributed by atoms with Gasteiger partial charge in [-0.15, -0.1) is 0 Å². The van der Waals surface area contributed by atoms with Crippen LogP contribution >= 0.6 is 0 Å². The zero-order valence-corrected chi connectivity index (χ0v) is 25.4. The normalized spacial score (nSPS) is 13.8. The second-order valence-electron chi connectivity index (χ2n) is 10.7. The number of imide groups is 1. The molecule has 0 fully saturated rings. The molecule has 1 aliphatic heterocycles. The minimum Gasteiger partial charge on any atom is -0.461 e. The highest BCUT2D eigenvalue weighted by Crippen LogP contribution is 2.13. The Bertz CT molecular complexity index is 1210. The average Bonchev–Trinajstić information content (AvgIpc) is 3.28. The molecule has 1 aromatic rings. The Labute approximate surface area is 256 Å². The molecule has 2 atom stereocenters. The summed E-state index contributed by atoms with van der Waals surface area (Å²) in [5, 5.41) is 10.7. The Kier molecular flexibility index (Phi) is 14.5. The van der Waals surface area contributed by atoms with Crippen molar-refractivity contribution in [2.24, 2.45) is 11.7 Å². The van der Waals surface area contributed by atoms with E-state index >= 15 is 0 Å². The van der Waals surface area contributed by atoms with Crippen LogP contribution in [0.25, 0.3) is 0 Å². The van der Waals surface area contributed by atoms with E-state index in [4.69, 9.17) is 10.5 Å². The Morgan fingerprint density at radius 2 is 1.55 bits per heavy atom. The quantitative estimate of drug-likeness (QED) is 0.0922. The predicted octanol–water partition coefficient (Wildman–Crippen LogP) is 1.25. The summed E-state index contributed by atoms with van der Waals surface area (Å²) in [6.45, 7) is 5.41. The van der Waals surface area contributed by atoms with Gasteiger partial charge >= 0.3 is 12.0 Å². The lowest BCUT2D eigenvalue weighted by Gasteiger charge is -2.25. The predicted molar refractivity (Wildman–Crippen MR) is 160 cm³/mol. The molecular formula is C30H42N6O8. The standard InChI is InChI=1S/C30H42N6O8/c1-19(2)27(35-24(38)9-5-4-6-17-36-25(39)14-15-26(36)40)29(42)34-23(8-7-16-32-30(31)43)28(41)33-22-12-10-21(11-13-22)18-44-20(3)37/h10-15,19,23,27H,4-9,16-18H2,1-3H3,(H,33,41)(H,34,42)(H,35,38)(H3,31,32,43)/t23-,27-/m1/s1. The summed E-state index contributed by atoms with van der Waals surface area (Å²) >= 11 is 0. The van der Waals surface area contributed by atoms with Crippen LogP contribution in [0.3, 0.4) is 0 Å². The summed E-state index contributed by atoms with van der Waals surface area (Å²) in [6, 6.07) is 4.06. The van der Waals surface area contributed by atoms with Crippen LogP contribution in [0.2, 0.25) is 0 Å². The largest absolute Gasteiger partial charge is 0.461 e. The van der Waals surface area contributed by atoms with Crippen LogP contribution in [0.5, 0.6) is 0 Å². The van der Waals surface area contributed by atoms with Gasteiger partial charge in [0.05, 0.1) is 0 Å². The number of anilines is 1. The van der Waals surface area contributed by atoms with Crippen LogP contribution in [0, 0.1) is 5.92 Å². The van der Waals surface area contributed by atoms with Crippen LogP contribution in [0.4, 0.5) is 10.5 Å². The van der Waals surface area contributed by atoms with E-state index < -0.39 is 35.9 Å². The summed E-state index contributed by atoms with van der Waals surface area (Å²) in [6.07, 6.45) is 4.78. The number of carbonyl (C=O) groups is 7. The fourth-order valence-electron chi connectivity index (χ4n) is 4.31. The minimum atomic E-state index is -0.985. The fourth-order valence-corrected chi connectivity index (χ4v) is 4.31. The van der Waals surface area contributed by atoms with E-state index in [1.807, 2.05) is 0 Å². The fraction of sp³-hybridized carbons (Fsp3) is 0.500. The molecule has 6 N–H and O–H groups in total.